The van der Waals surface area contributed by atoms with Gasteiger partial charge < -0.3 is 10.4 Å². The molecule has 0 saturated heterocycles. The van der Waals surface area contributed by atoms with E-state index in [-0.39, 0.29) is 12.3 Å². The monoisotopic (exact) mass is 304 g/mol. The Morgan fingerprint density at radius 1 is 1.33 bits per heavy atom. The molecule has 0 fully saturated rings. The average Bonchev–Trinajstić information content (AvgIpc) is 2.93. The van der Waals surface area contributed by atoms with Crippen LogP contribution in [0.1, 0.15) is 18.2 Å². The van der Waals surface area contributed by atoms with Crippen LogP contribution in [-0.2, 0) is 22.4 Å². The van der Waals surface area contributed by atoms with E-state index in [2.05, 4.69) is 10.3 Å². The summed E-state index contributed by atoms with van der Waals surface area (Å²) >= 11 is 1.46. The highest BCUT2D eigenvalue weighted by Gasteiger charge is 2.11. The minimum atomic E-state index is -0.810. The van der Waals surface area contributed by atoms with E-state index in [0.29, 0.717) is 12.1 Å². The molecule has 0 radical (unpaired) electrons. The first-order chi connectivity index (χ1) is 10.0. The molecule has 0 aliphatic rings. The predicted molar refractivity (Wildman–Crippen MR) is 81.4 cm³/mol. The van der Waals surface area contributed by atoms with Crippen LogP contribution in [0.15, 0.2) is 35.2 Å². The Hall–Kier alpha value is -2.21. The molecule has 1 amide bonds. The fourth-order valence-electron chi connectivity index (χ4n) is 1.86. The third-order valence-electron chi connectivity index (χ3n) is 3.03. The molecule has 5 nitrogen and oxygen atoms in total. The molecule has 110 valence electrons. The van der Waals surface area contributed by atoms with Gasteiger partial charge in [0.25, 0.3) is 0 Å². The molecule has 6 heteroatoms. The van der Waals surface area contributed by atoms with Gasteiger partial charge in [0.1, 0.15) is 0 Å². The lowest BCUT2D eigenvalue weighted by molar-refractivity contribution is -0.141. The van der Waals surface area contributed by atoms with E-state index in [1.807, 2.05) is 17.5 Å². The standard InChI is InChI=1S/C15H16N2O3S/c1-10(15(19)20)6-11-2-4-12(5-3-11)17-14(18)7-13-8-21-9-16-13/h2-5,8-10H,6-7H2,1H3,(H,17,18)(H,19,20). The lowest BCUT2D eigenvalue weighted by Crippen LogP contribution is -2.15. The maximum atomic E-state index is 11.8. The molecule has 0 aliphatic heterocycles. The summed E-state index contributed by atoms with van der Waals surface area (Å²) in [6.07, 6.45) is 0.726. The van der Waals surface area contributed by atoms with Gasteiger partial charge in [0, 0.05) is 11.1 Å². The fourth-order valence-corrected chi connectivity index (χ4v) is 2.42. The molecular formula is C15H16N2O3S. The molecule has 0 bridgehead atoms. The SMILES string of the molecule is CC(Cc1ccc(NC(=O)Cc2cscn2)cc1)C(=O)O. The lowest BCUT2D eigenvalue weighted by Gasteiger charge is -2.08. The molecule has 0 aliphatic carbocycles. The van der Waals surface area contributed by atoms with Gasteiger partial charge in [-0.05, 0) is 24.1 Å². The van der Waals surface area contributed by atoms with Gasteiger partial charge in [-0.2, -0.15) is 0 Å². The second-order valence-corrected chi connectivity index (χ2v) is 5.56. The van der Waals surface area contributed by atoms with Crippen molar-refractivity contribution in [3.63, 3.8) is 0 Å². The van der Waals surface area contributed by atoms with E-state index in [4.69, 9.17) is 5.11 Å². The summed E-state index contributed by atoms with van der Waals surface area (Å²) < 4.78 is 0. The average molecular weight is 304 g/mol. The maximum absolute atomic E-state index is 11.8. The number of aliphatic carboxylic acids is 1. The topological polar surface area (TPSA) is 79.3 Å². The third-order valence-corrected chi connectivity index (χ3v) is 3.66. The summed E-state index contributed by atoms with van der Waals surface area (Å²) in [5.74, 6) is -1.35. The number of nitrogens with one attached hydrogen (secondary N) is 1. The number of carboxylic acid groups (broad SMARTS) is 1. The minimum absolute atomic E-state index is 0.118. The number of hydrogen-bond donors (Lipinski definition) is 2. The van der Waals surface area contributed by atoms with Gasteiger partial charge in [-0.25, -0.2) is 4.98 Å². The van der Waals surface area contributed by atoms with Gasteiger partial charge in [-0.3, -0.25) is 9.59 Å². The molecule has 21 heavy (non-hydrogen) atoms. The first-order valence-electron chi connectivity index (χ1n) is 6.53. The van der Waals surface area contributed by atoms with Crippen molar-refractivity contribution in [2.75, 3.05) is 5.32 Å². The molecular weight excluding hydrogens is 288 g/mol. The molecule has 1 aromatic heterocycles. The van der Waals surface area contributed by atoms with E-state index in [0.717, 1.165) is 11.3 Å². The Morgan fingerprint density at radius 2 is 2.05 bits per heavy atom. The van der Waals surface area contributed by atoms with E-state index >= 15 is 0 Å². The zero-order valence-electron chi connectivity index (χ0n) is 11.6. The number of carbonyl (C=O) groups is 2. The smallest absolute Gasteiger partial charge is 0.306 e. The zero-order valence-corrected chi connectivity index (χ0v) is 12.4. The van der Waals surface area contributed by atoms with E-state index in [1.165, 1.54) is 11.3 Å². The number of carboxylic acids is 1. The number of nitrogens with zero attached hydrogens (tertiary/aromatic N) is 1. The molecule has 1 heterocycles. The highest BCUT2D eigenvalue weighted by molar-refractivity contribution is 7.07. The summed E-state index contributed by atoms with van der Waals surface area (Å²) in [6, 6.07) is 7.22. The lowest BCUT2D eigenvalue weighted by atomic mass is 10.0. The molecule has 1 unspecified atom stereocenters. The number of carbonyl (C=O) groups excluding carboxylic acids is 1. The molecule has 2 aromatic rings. The Bertz CT molecular complexity index is 608. The van der Waals surface area contributed by atoms with Gasteiger partial charge in [0.05, 0.1) is 23.5 Å². The van der Waals surface area contributed by atoms with Gasteiger partial charge in [0.15, 0.2) is 0 Å². The van der Waals surface area contributed by atoms with Crippen molar-refractivity contribution in [3.05, 3.63) is 46.4 Å². The minimum Gasteiger partial charge on any atom is -0.481 e. The van der Waals surface area contributed by atoms with Crippen molar-refractivity contribution in [2.24, 2.45) is 5.92 Å². The maximum Gasteiger partial charge on any atom is 0.306 e. The normalized spacial score (nSPS) is 11.9. The molecule has 1 atom stereocenters. The van der Waals surface area contributed by atoms with Crippen LogP contribution in [-0.4, -0.2) is 22.0 Å². The zero-order chi connectivity index (χ0) is 15.2. The van der Waals surface area contributed by atoms with Crippen LogP contribution in [0.4, 0.5) is 5.69 Å². The number of thiazole rings is 1. The number of aromatic nitrogens is 1. The Balaban J connectivity index is 1.90. The highest BCUT2D eigenvalue weighted by Crippen LogP contribution is 2.14. The largest absolute Gasteiger partial charge is 0.481 e. The summed E-state index contributed by atoms with van der Waals surface area (Å²) in [5, 5.41) is 13.5. The number of amides is 1. The second-order valence-electron chi connectivity index (χ2n) is 4.85. The van der Waals surface area contributed by atoms with Gasteiger partial charge >= 0.3 is 5.97 Å². The predicted octanol–water partition coefficient (Wildman–Crippen LogP) is 2.59. The van der Waals surface area contributed by atoms with E-state index < -0.39 is 11.9 Å². The van der Waals surface area contributed by atoms with Crippen LogP contribution < -0.4 is 5.32 Å². The number of anilines is 1. The summed E-state index contributed by atoms with van der Waals surface area (Å²) in [4.78, 5) is 26.7. The van der Waals surface area contributed by atoms with Crippen LogP contribution in [0.25, 0.3) is 0 Å². The Morgan fingerprint density at radius 3 is 2.62 bits per heavy atom. The Labute approximate surface area is 126 Å². The molecule has 0 spiro atoms. The molecule has 2 N–H and O–H groups in total. The first-order valence-corrected chi connectivity index (χ1v) is 7.47. The van der Waals surface area contributed by atoms with Crippen LogP contribution >= 0.6 is 11.3 Å². The quantitative estimate of drug-likeness (QED) is 0.859. The van der Waals surface area contributed by atoms with Crippen LogP contribution in [0.2, 0.25) is 0 Å². The van der Waals surface area contributed by atoms with Gasteiger partial charge in [0.2, 0.25) is 5.91 Å². The van der Waals surface area contributed by atoms with Crippen LogP contribution in [0.5, 0.6) is 0 Å². The number of benzene rings is 1. The fraction of sp³-hybridized carbons (Fsp3) is 0.267. The molecule has 2 rings (SSSR count). The second kappa shape index (κ2) is 6.99. The Kier molecular flexibility index (Phi) is 5.05. The van der Waals surface area contributed by atoms with Crippen molar-refractivity contribution < 1.29 is 14.7 Å². The van der Waals surface area contributed by atoms with Crippen LogP contribution in [0, 0.1) is 5.92 Å². The van der Waals surface area contributed by atoms with Crippen molar-refractivity contribution in [3.8, 4) is 0 Å². The summed E-state index contributed by atoms with van der Waals surface area (Å²) in [5.41, 5.74) is 4.08. The van der Waals surface area contributed by atoms with Crippen molar-refractivity contribution in [1.82, 2.24) is 4.98 Å². The number of hydrogen-bond acceptors (Lipinski definition) is 4. The van der Waals surface area contributed by atoms with E-state index in [9.17, 15) is 9.59 Å². The third kappa shape index (κ3) is 4.68. The van der Waals surface area contributed by atoms with E-state index in [1.54, 1.807) is 24.6 Å². The van der Waals surface area contributed by atoms with Crippen LogP contribution in [0.3, 0.4) is 0 Å². The first kappa shape index (κ1) is 15.2. The highest BCUT2D eigenvalue weighted by atomic mass is 32.1. The van der Waals surface area contributed by atoms with Crippen molar-refractivity contribution in [1.29, 1.82) is 0 Å². The summed E-state index contributed by atoms with van der Waals surface area (Å²) in [6.45, 7) is 1.67. The number of rotatable bonds is 6. The summed E-state index contributed by atoms with van der Waals surface area (Å²) in [7, 11) is 0. The van der Waals surface area contributed by atoms with Gasteiger partial charge in [-0.15, -0.1) is 11.3 Å². The molecule has 0 saturated carbocycles. The van der Waals surface area contributed by atoms with Gasteiger partial charge in [-0.1, -0.05) is 19.1 Å². The van der Waals surface area contributed by atoms with Crippen molar-refractivity contribution in [2.45, 2.75) is 19.8 Å². The molecule has 1 aromatic carbocycles. The van der Waals surface area contributed by atoms with Crippen molar-refractivity contribution >= 4 is 28.9 Å².